The van der Waals surface area contributed by atoms with Crippen molar-refractivity contribution in [1.82, 2.24) is 9.97 Å². The van der Waals surface area contributed by atoms with Crippen LogP contribution >= 0.6 is 0 Å². The molecule has 5 heteroatoms. The van der Waals surface area contributed by atoms with Crippen LogP contribution in [0.3, 0.4) is 0 Å². The maximum atomic E-state index is 5.09. The fourth-order valence-corrected chi connectivity index (χ4v) is 2.60. The average molecular weight is 322 g/mol. The molecule has 0 bridgehead atoms. The van der Waals surface area contributed by atoms with Crippen molar-refractivity contribution in [3.8, 4) is 11.1 Å². The molecule has 2 aromatic carbocycles. The fourth-order valence-electron chi connectivity index (χ4n) is 2.60. The Morgan fingerprint density at radius 1 is 1.00 bits per heavy atom. The van der Waals surface area contributed by atoms with Gasteiger partial charge in [-0.3, -0.25) is 0 Å². The van der Waals surface area contributed by atoms with Gasteiger partial charge in [0.2, 0.25) is 0 Å². The van der Waals surface area contributed by atoms with E-state index < -0.39 is 0 Å². The quantitative estimate of drug-likeness (QED) is 0.705. The van der Waals surface area contributed by atoms with Crippen LogP contribution in [-0.4, -0.2) is 44.3 Å². The molecule has 0 fully saturated rings. The first-order valence-electron chi connectivity index (χ1n) is 7.94. The van der Waals surface area contributed by atoms with Gasteiger partial charge >= 0.3 is 0 Å². The van der Waals surface area contributed by atoms with Crippen LogP contribution in [0.1, 0.15) is 0 Å². The molecule has 1 aromatic heterocycles. The first-order valence-corrected chi connectivity index (χ1v) is 7.94. The van der Waals surface area contributed by atoms with Crippen LogP contribution in [0, 0.1) is 0 Å². The minimum atomic E-state index is 0.636. The van der Waals surface area contributed by atoms with Gasteiger partial charge in [-0.1, -0.05) is 18.2 Å². The molecular weight excluding hydrogens is 300 g/mol. The molecule has 0 saturated heterocycles. The lowest BCUT2D eigenvalue weighted by atomic mass is 10.0. The van der Waals surface area contributed by atoms with Crippen LogP contribution in [0.2, 0.25) is 0 Å². The summed E-state index contributed by atoms with van der Waals surface area (Å²) in [7, 11) is 5.77. The van der Waals surface area contributed by atoms with E-state index >= 15 is 0 Å². The van der Waals surface area contributed by atoms with Crippen molar-refractivity contribution in [2.24, 2.45) is 0 Å². The third-order valence-corrected chi connectivity index (χ3v) is 3.95. The van der Waals surface area contributed by atoms with Crippen LogP contribution in [0.5, 0.6) is 0 Å². The molecule has 0 unspecified atom stereocenters. The molecule has 24 heavy (non-hydrogen) atoms. The second kappa shape index (κ2) is 7.27. The molecule has 1 N–H and O–H groups in total. The number of methoxy groups -OCH3 is 1. The second-order valence-electron chi connectivity index (χ2n) is 5.82. The average Bonchev–Trinajstić information content (AvgIpc) is 2.62. The van der Waals surface area contributed by atoms with E-state index in [9.17, 15) is 0 Å². The number of benzene rings is 2. The minimum Gasteiger partial charge on any atom is -0.383 e. The standard InChI is InChI=1S/C19H22N4O/c1-23(2)16-7-4-14(5-8-16)15-6-9-18-17(12-15)19(22-13-21-18)20-10-11-24-3/h4-9,12-13H,10-11H2,1-3H3,(H,20,21,22). The molecule has 0 atom stereocenters. The normalized spacial score (nSPS) is 10.8. The van der Waals surface area contributed by atoms with Gasteiger partial charge < -0.3 is 15.0 Å². The lowest BCUT2D eigenvalue weighted by Gasteiger charge is -2.13. The minimum absolute atomic E-state index is 0.636. The Morgan fingerprint density at radius 3 is 2.46 bits per heavy atom. The highest BCUT2D eigenvalue weighted by Crippen LogP contribution is 2.28. The third-order valence-electron chi connectivity index (χ3n) is 3.95. The van der Waals surface area contributed by atoms with Gasteiger partial charge in [0.05, 0.1) is 12.1 Å². The molecule has 3 rings (SSSR count). The SMILES string of the molecule is COCCNc1ncnc2ccc(-c3ccc(N(C)C)cc3)cc12. The Labute approximate surface area is 142 Å². The second-order valence-corrected chi connectivity index (χ2v) is 5.82. The summed E-state index contributed by atoms with van der Waals surface area (Å²) in [4.78, 5) is 10.8. The zero-order valence-electron chi connectivity index (χ0n) is 14.3. The zero-order valence-corrected chi connectivity index (χ0v) is 14.3. The summed E-state index contributed by atoms with van der Waals surface area (Å²) in [5.74, 6) is 0.837. The Bertz CT molecular complexity index is 815. The molecule has 0 amide bonds. The van der Waals surface area contributed by atoms with Crippen LogP contribution in [-0.2, 0) is 4.74 Å². The highest BCUT2D eigenvalue weighted by atomic mass is 16.5. The maximum Gasteiger partial charge on any atom is 0.137 e. The number of nitrogens with one attached hydrogen (secondary N) is 1. The summed E-state index contributed by atoms with van der Waals surface area (Å²) < 4.78 is 5.09. The molecule has 0 spiro atoms. The molecule has 0 saturated carbocycles. The van der Waals surface area contributed by atoms with Gasteiger partial charge in [0, 0.05) is 38.8 Å². The molecule has 124 valence electrons. The lowest BCUT2D eigenvalue weighted by Crippen LogP contribution is -2.09. The maximum absolute atomic E-state index is 5.09. The first kappa shape index (κ1) is 16.2. The Hall–Kier alpha value is -2.66. The number of hydrogen-bond acceptors (Lipinski definition) is 5. The van der Waals surface area contributed by atoms with Gasteiger partial charge in [-0.05, 0) is 35.4 Å². The monoisotopic (exact) mass is 322 g/mol. The number of rotatable bonds is 6. The molecule has 0 aliphatic carbocycles. The number of nitrogens with zero attached hydrogens (tertiary/aromatic N) is 3. The Morgan fingerprint density at radius 2 is 1.75 bits per heavy atom. The highest BCUT2D eigenvalue weighted by Gasteiger charge is 2.06. The van der Waals surface area contributed by atoms with Crippen molar-refractivity contribution in [3.05, 3.63) is 48.8 Å². The number of hydrogen-bond donors (Lipinski definition) is 1. The fraction of sp³-hybridized carbons (Fsp3) is 0.263. The summed E-state index contributed by atoms with van der Waals surface area (Å²) in [6.07, 6.45) is 1.59. The van der Waals surface area contributed by atoms with Crippen molar-refractivity contribution >= 4 is 22.4 Å². The van der Waals surface area contributed by atoms with Gasteiger partial charge in [-0.2, -0.15) is 0 Å². The van der Waals surface area contributed by atoms with E-state index in [4.69, 9.17) is 4.74 Å². The zero-order chi connectivity index (χ0) is 16.9. The molecule has 0 aliphatic heterocycles. The van der Waals surface area contributed by atoms with Crippen LogP contribution in [0.4, 0.5) is 11.5 Å². The van der Waals surface area contributed by atoms with Gasteiger partial charge in [0.15, 0.2) is 0 Å². The molecule has 3 aromatic rings. The van der Waals surface area contributed by atoms with E-state index in [0.29, 0.717) is 13.2 Å². The van der Waals surface area contributed by atoms with E-state index in [1.54, 1.807) is 13.4 Å². The molecule has 5 nitrogen and oxygen atoms in total. The number of fused-ring (bicyclic) bond motifs is 1. The predicted molar refractivity (Wildman–Crippen MR) is 99.7 cm³/mol. The highest BCUT2D eigenvalue weighted by molar-refractivity contribution is 5.92. The van der Waals surface area contributed by atoms with E-state index in [0.717, 1.165) is 22.3 Å². The van der Waals surface area contributed by atoms with Gasteiger partial charge in [-0.25, -0.2) is 9.97 Å². The van der Waals surface area contributed by atoms with Crippen molar-refractivity contribution in [2.45, 2.75) is 0 Å². The third kappa shape index (κ3) is 3.46. The summed E-state index contributed by atoms with van der Waals surface area (Å²) >= 11 is 0. The molecule has 0 aliphatic rings. The summed E-state index contributed by atoms with van der Waals surface area (Å²) in [5.41, 5.74) is 4.44. The molecule has 1 heterocycles. The van der Waals surface area contributed by atoms with Crippen molar-refractivity contribution in [3.63, 3.8) is 0 Å². The van der Waals surface area contributed by atoms with Gasteiger partial charge in [0.25, 0.3) is 0 Å². The summed E-state index contributed by atoms with van der Waals surface area (Å²) in [6.45, 7) is 1.35. The van der Waals surface area contributed by atoms with E-state index in [1.165, 1.54) is 11.3 Å². The van der Waals surface area contributed by atoms with Crippen LogP contribution in [0.25, 0.3) is 22.0 Å². The molecule has 0 radical (unpaired) electrons. The predicted octanol–water partition coefficient (Wildman–Crippen LogP) is 3.42. The van der Waals surface area contributed by atoms with Crippen molar-refractivity contribution in [2.75, 3.05) is 44.6 Å². The number of ether oxygens (including phenoxy) is 1. The van der Waals surface area contributed by atoms with Gasteiger partial charge in [0.1, 0.15) is 12.1 Å². The Balaban J connectivity index is 1.95. The molecular formula is C19H22N4O. The van der Waals surface area contributed by atoms with Crippen LogP contribution in [0.15, 0.2) is 48.8 Å². The Kier molecular flexibility index (Phi) is 4.91. The van der Waals surface area contributed by atoms with E-state index in [2.05, 4.69) is 56.6 Å². The lowest BCUT2D eigenvalue weighted by molar-refractivity contribution is 0.210. The number of aromatic nitrogens is 2. The van der Waals surface area contributed by atoms with E-state index in [1.807, 2.05) is 20.2 Å². The van der Waals surface area contributed by atoms with Crippen LogP contribution < -0.4 is 10.2 Å². The summed E-state index contributed by atoms with van der Waals surface area (Å²) in [6, 6.07) is 14.8. The van der Waals surface area contributed by atoms with E-state index in [-0.39, 0.29) is 0 Å². The van der Waals surface area contributed by atoms with Crippen molar-refractivity contribution < 1.29 is 4.74 Å². The smallest absolute Gasteiger partial charge is 0.137 e. The van der Waals surface area contributed by atoms with Gasteiger partial charge in [-0.15, -0.1) is 0 Å². The first-order chi connectivity index (χ1) is 11.7. The summed E-state index contributed by atoms with van der Waals surface area (Å²) in [5, 5.41) is 4.32. The topological polar surface area (TPSA) is 50.3 Å². The largest absolute Gasteiger partial charge is 0.383 e. The number of anilines is 2. The van der Waals surface area contributed by atoms with Crippen molar-refractivity contribution in [1.29, 1.82) is 0 Å².